The van der Waals surface area contributed by atoms with Crippen LogP contribution in [0.25, 0.3) is 53.5 Å². The van der Waals surface area contributed by atoms with Crippen LogP contribution in [0.1, 0.15) is 26.7 Å². The molecule has 1 radical (unpaired) electrons. The quantitative estimate of drug-likeness (QED) is 0.131. The van der Waals surface area contributed by atoms with Crippen molar-refractivity contribution < 1.29 is 25.9 Å². The first-order chi connectivity index (χ1) is 21.0. The molecule has 0 saturated carbocycles. The molecule has 0 unspecified atom stereocenters. The van der Waals surface area contributed by atoms with Gasteiger partial charge < -0.3 is 9.97 Å². The van der Waals surface area contributed by atoms with E-state index in [0.717, 1.165) is 53.6 Å². The van der Waals surface area contributed by atoms with Crippen LogP contribution in [-0.4, -0.2) is 18.0 Å². The molecule has 0 fully saturated rings. The minimum atomic E-state index is -1.23. The molecule has 0 atom stereocenters. The van der Waals surface area contributed by atoms with Crippen molar-refractivity contribution in [1.29, 1.82) is 0 Å². The van der Waals surface area contributed by atoms with Gasteiger partial charge in [-0.1, -0.05) is 86.9 Å². The number of hydrogen-bond acceptors (Lipinski definition) is 3. The van der Waals surface area contributed by atoms with Crippen LogP contribution < -0.4 is 5.19 Å². The van der Waals surface area contributed by atoms with Gasteiger partial charge in [0.25, 0.3) is 0 Å². The molecule has 3 aromatic heterocycles. The van der Waals surface area contributed by atoms with Gasteiger partial charge in [-0.3, -0.25) is 0 Å². The fourth-order valence-electron chi connectivity index (χ4n) is 5.14. The third-order valence-corrected chi connectivity index (χ3v) is 10.9. The zero-order valence-corrected chi connectivity index (χ0v) is 29.5. The van der Waals surface area contributed by atoms with Crippen molar-refractivity contribution in [3.8, 4) is 22.5 Å². The van der Waals surface area contributed by atoms with Crippen molar-refractivity contribution >= 4 is 55.5 Å². The van der Waals surface area contributed by atoms with E-state index in [1.807, 2.05) is 80.7 Å². The van der Waals surface area contributed by atoms with Crippen LogP contribution in [0.4, 0.5) is 4.39 Å². The molecule has 223 valence electrons. The van der Waals surface area contributed by atoms with E-state index in [1.165, 1.54) is 11.3 Å². The first kappa shape index (κ1) is 30.5. The number of hydrogen-bond donors (Lipinski definition) is 0. The molecule has 7 aromatic rings. The topological polar surface area (TPSA) is 25.8 Å². The van der Waals surface area contributed by atoms with Gasteiger partial charge >= 0.3 is 0 Å². The number of nitrogens with zero attached hydrogens (tertiary/aromatic N) is 2. The maximum absolute atomic E-state index is 14.2. The molecule has 2 nitrogen and oxygen atoms in total. The van der Waals surface area contributed by atoms with Gasteiger partial charge in [0, 0.05) is 49.3 Å². The number of fused-ring (bicyclic) bond motifs is 5. The van der Waals surface area contributed by atoms with Crippen LogP contribution in [0, 0.1) is 17.9 Å². The monoisotopic (exact) mass is 790 g/mol. The van der Waals surface area contributed by atoms with Crippen LogP contribution in [0.15, 0.2) is 103 Å². The molecule has 4 aromatic carbocycles. The average molecular weight is 790 g/mol. The molecule has 0 bridgehead atoms. The maximum atomic E-state index is 14.2. The van der Waals surface area contributed by atoms with Gasteiger partial charge in [0.05, 0.1) is 8.07 Å². The Morgan fingerprint density at radius 2 is 1.55 bits per heavy atom. The van der Waals surface area contributed by atoms with Crippen LogP contribution >= 0.6 is 11.3 Å². The summed E-state index contributed by atoms with van der Waals surface area (Å²) >= 11 is 1.65. The van der Waals surface area contributed by atoms with Crippen molar-refractivity contribution in [2.75, 3.05) is 0 Å². The van der Waals surface area contributed by atoms with E-state index in [0.29, 0.717) is 5.39 Å². The summed E-state index contributed by atoms with van der Waals surface area (Å²) < 4.78 is 24.7. The Bertz CT molecular complexity index is 2100. The van der Waals surface area contributed by atoms with E-state index in [1.54, 1.807) is 23.6 Å². The van der Waals surface area contributed by atoms with Crippen molar-refractivity contribution in [3.63, 3.8) is 0 Å². The Morgan fingerprint density at radius 3 is 2.25 bits per heavy atom. The standard InChI is InChI=1S/C24H17FNS.C14H16NSi.Ir/c1-14(2)15-11-12-26-22(13-15)20-7-3-5-18-19-10-9-16-17(6-4-8-21(16)25)23(19)27-24(18)20;1-16(2,3)13-9-10-14(15-11-13)12-7-5-4-6-8-12;/h3-6,8-14H,1-2H3;4-7,9-11H,1-3H3;/q2*-1;/i14D;;. The van der Waals surface area contributed by atoms with E-state index in [9.17, 15) is 4.39 Å². The van der Waals surface area contributed by atoms with Crippen molar-refractivity contribution in [2.24, 2.45) is 0 Å². The summed E-state index contributed by atoms with van der Waals surface area (Å²) in [5.74, 6) is -0.893. The third kappa shape index (κ3) is 6.45. The zero-order chi connectivity index (χ0) is 31.1. The first-order valence-corrected chi connectivity index (χ1v) is 18.7. The Hall–Kier alpha value is -3.54. The molecule has 0 aliphatic heterocycles. The van der Waals surface area contributed by atoms with E-state index >= 15 is 0 Å². The fraction of sp³-hybridized carbons (Fsp3) is 0.158. The van der Waals surface area contributed by atoms with Crippen LogP contribution in [-0.2, 0) is 20.1 Å². The largest absolute Gasteiger partial charge is 0.305 e. The SMILES string of the molecule is C[Si](C)(C)c1ccc(-c2[c-]cccc2)nc1.[2H]C(C)(C)c1ccnc(-c2[c-]ccc3c2sc2c4cccc(F)c4ccc32)c1.[Ir]. The van der Waals surface area contributed by atoms with E-state index in [-0.39, 0.29) is 25.9 Å². The fourth-order valence-corrected chi connectivity index (χ4v) is 7.51. The molecule has 7 rings (SSSR count). The molecule has 0 aliphatic carbocycles. The van der Waals surface area contributed by atoms with Crippen LogP contribution in [0.3, 0.4) is 0 Å². The number of benzene rings is 4. The van der Waals surface area contributed by atoms with Crippen molar-refractivity contribution in [3.05, 3.63) is 127 Å². The molecule has 44 heavy (non-hydrogen) atoms. The average Bonchev–Trinajstić information content (AvgIpc) is 3.41. The molecule has 0 spiro atoms. The second kappa shape index (κ2) is 13.2. The molecule has 0 N–H and O–H groups in total. The Balaban J connectivity index is 0.000000202. The zero-order valence-electron chi connectivity index (χ0n) is 26.3. The minimum absolute atomic E-state index is 0. The molecular formula is C38H33FIrN2SSi-2. The normalized spacial score (nSPS) is 12.0. The van der Waals surface area contributed by atoms with E-state index < -0.39 is 14.0 Å². The van der Waals surface area contributed by atoms with Crippen LogP contribution in [0.5, 0.6) is 0 Å². The Labute approximate surface area is 278 Å². The molecular weight excluding hydrogens is 756 g/mol. The van der Waals surface area contributed by atoms with E-state index in [2.05, 4.69) is 59.9 Å². The van der Waals surface area contributed by atoms with Crippen molar-refractivity contribution in [2.45, 2.75) is 39.4 Å². The predicted octanol–water partition coefficient (Wildman–Crippen LogP) is 10.4. The number of halogens is 1. The summed E-state index contributed by atoms with van der Waals surface area (Å²) in [6.45, 7) is 10.7. The number of thiophene rings is 1. The first-order valence-electron chi connectivity index (χ1n) is 14.9. The van der Waals surface area contributed by atoms with Gasteiger partial charge in [-0.2, -0.15) is 11.3 Å². The maximum Gasteiger partial charge on any atom is 0.131 e. The van der Waals surface area contributed by atoms with E-state index in [4.69, 9.17) is 1.37 Å². The third-order valence-electron chi connectivity index (χ3n) is 7.61. The summed E-state index contributed by atoms with van der Waals surface area (Å²) in [6.07, 6.45) is 3.77. The number of aromatic nitrogens is 2. The second-order valence-corrected chi connectivity index (χ2v) is 18.0. The Kier molecular flexibility index (Phi) is 9.15. The minimum Gasteiger partial charge on any atom is -0.305 e. The summed E-state index contributed by atoms with van der Waals surface area (Å²) in [7, 11) is -1.23. The van der Waals surface area contributed by atoms with Gasteiger partial charge in [0.2, 0.25) is 0 Å². The molecule has 3 heterocycles. The van der Waals surface area contributed by atoms with Gasteiger partial charge in [-0.15, -0.1) is 59.7 Å². The molecule has 0 amide bonds. The number of pyridine rings is 2. The smallest absolute Gasteiger partial charge is 0.131 e. The van der Waals surface area contributed by atoms with Gasteiger partial charge in [0.15, 0.2) is 0 Å². The van der Waals surface area contributed by atoms with Gasteiger partial charge in [-0.25, -0.2) is 4.39 Å². The van der Waals surface area contributed by atoms with Gasteiger partial charge in [0.1, 0.15) is 5.82 Å². The predicted molar refractivity (Wildman–Crippen MR) is 184 cm³/mol. The molecule has 0 saturated heterocycles. The Morgan fingerprint density at radius 1 is 0.773 bits per heavy atom. The molecule has 6 heteroatoms. The summed E-state index contributed by atoms with van der Waals surface area (Å²) in [5, 5.41) is 5.21. The number of rotatable bonds is 4. The van der Waals surface area contributed by atoms with Gasteiger partial charge in [-0.05, 0) is 44.7 Å². The second-order valence-electron chi connectivity index (χ2n) is 11.9. The van der Waals surface area contributed by atoms with Crippen molar-refractivity contribution in [1.82, 2.24) is 9.97 Å². The van der Waals surface area contributed by atoms with Crippen LogP contribution in [0.2, 0.25) is 19.6 Å². The summed E-state index contributed by atoms with van der Waals surface area (Å²) in [5.41, 5.74) is 4.71. The summed E-state index contributed by atoms with van der Waals surface area (Å²) in [6, 6.07) is 35.7. The molecule has 0 aliphatic rings. The summed E-state index contributed by atoms with van der Waals surface area (Å²) in [4.78, 5) is 9.07.